The summed E-state index contributed by atoms with van der Waals surface area (Å²) in [5.74, 6) is -0.206. The number of hydrogen-bond acceptors (Lipinski definition) is 5. The number of nitrogens with two attached hydrogens (primary N) is 1. The molecule has 1 saturated heterocycles. The van der Waals surface area contributed by atoms with Crippen LogP contribution in [-0.2, 0) is 15.1 Å². The van der Waals surface area contributed by atoms with Gasteiger partial charge in [-0.1, -0.05) is 17.7 Å². The van der Waals surface area contributed by atoms with E-state index in [0.29, 0.717) is 47.1 Å². The highest BCUT2D eigenvalue weighted by Gasteiger charge is 2.60. The Morgan fingerprint density at radius 3 is 2.83 bits per heavy atom. The second-order valence-electron chi connectivity index (χ2n) is 7.60. The van der Waals surface area contributed by atoms with Gasteiger partial charge in [-0.05, 0) is 41.5 Å². The number of nitrogens with zero attached hydrogens (tertiary/aromatic N) is 2. The van der Waals surface area contributed by atoms with E-state index in [-0.39, 0.29) is 23.9 Å². The number of benzene rings is 2. The highest BCUT2D eigenvalue weighted by Crippen LogP contribution is 2.51. The van der Waals surface area contributed by atoms with Gasteiger partial charge in [0, 0.05) is 24.1 Å². The maximum absolute atomic E-state index is 13.9. The normalized spacial score (nSPS) is 28.0. The van der Waals surface area contributed by atoms with E-state index < -0.39 is 11.4 Å². The predicted molar refractivity (Wildman–Crippen MR) is 106 cm³/mol. The van der Waals surface area contributed by atoms with Crippen molar-refractivity contribution in [2.75, 3.05) is 20.3 Å². The molecule has 1 spiro atoms. The summed E-state index contributed by atoms with van der Waals surface area (Å²) in [6.07, 6.45) is 0.470. The highest BCUT2D eigenvalue weighted by molar-refractivity contribution is 6.30. The smallest absolute Gasteiger partial charge is 0.262 e. The van der Waals surface area contributed by atoms with Crippen LogP contribution in [-0.4, -0.2) is 43.1 Å². The number of hydrogen-bond donors (Lipinski definition) is 1. The van der Waals surface area contributed by atoms with Gasteiger partial charge in [-0.15, -0.1) is 0 Å². The second-order valence-corrected chi connectivity index (χ2v) is 8.03. The SMILES string of the molecule is CN1C(=O)[C@]2(N=C1N)c1cc(-c3cc(F)cc(Cl)c3)ccc1O[C@@H]1CCOC[C@H]12. The van der Waals surface area contributed by atoms with E-state index in [0.717, 1.165) is 0 Å². The molecule has 2 aromatic carbocycles. The molecule has 2 N–H and O–H groups in total. The van der Waals surface area contributed by atoms with Gasteiger partial charge in [0.25, 0.3) is 5.91 Å². The molecule has 0 aliphatic carbocycles. The van der Waals surface area contributed by atoms with Crippen LogP contribution in [0.1, 0.15) is 12.0 Å². The molecule has 3 aliphatic heterocycles. The fraction of sp³-hybridized carbons (Fsp3) is 0.333. The van der Waals surface area contributed by atoms with Gasteiger partial charge < -0.3 is 15.2 Å². The van der Waals surface area contributed by atoms with Crippen LogP contribution in [0.3, 0.4) is 0 Å². The Morgan fingerprint density at radius 1 is 1.28 bits per heavy atom. The van der Waals surface area contributed by atoms with Crippen LogP contribution in [0.5, 0.6) is 5.75 Å². The summed E-state index contributed by atoms with van der Waals surface area (Å²) >= 11 is 6.04. The summed E-state index contributed by atoms with van der Waals surface area (Å²) in [5.41, 5.74) is 6.75. The van der Waals surface area contributed by atoms with E-state index in [4.69, 9.17) is 26.8 Å². The third-order valence-electron chi connectivity index (χ3n) is 5.96. The average molecular weight is 416 g/mol. The van der Waals surface area contributed by atoms with Crippen LogP contribution in [0.25, 0.3) is 11.1 Å². The van der Waals surface area contributed by atoms with Crippen molar-refractivity contribution in [1.82, 2.24) is 4.90 Å². The first-order valence-electron chi connectivity index (χ1n) is 9.39. The molecule has 0 unspecified atom stereocenters. The molecule has 3 heterocycles. The summed E-state index contributed by atoms with van der Waals surface area (Å²) in [6.45, 7) is 0.909. The van der Waals surface area contributed by atoms with Crippen molar-refractivity contribution in [3.05, 3.63) is 52.8 Å². The van der Waals surface area contributed by atoms with E-state index in [1.165, 1.54) is 17.0 Å². The maximum Gasteiger partial charge on any atom is 0.262 e. The molecule has 8 heteroatoms. The number of carbonyl (C=O) groups excluding carboxylic acids is 1. The van der Waals surface area contributed by atoms with Crippen LogP contribution in [0.4, 0.5) is 4.39 Å². The van der Waals surface area contributed by atoms with E-state index in [1.807, 2.05) is 12.1 Å². The Balaban J connectivity index is 1.73. The van der Waals surface area contributed by atoms with Crippen LogP contribution in [0.15, 0.2) is 41.4 Å². The number of rotatable bonds is 1. The number of carbonyl (C=O) groups is 1. The minimum absolute atomic E-state index is 0.159. The first-order valence-corrected chi connectivity index (χ1v) is 9.77. The predicted octanol–water partition coefficient (Wildman–Crippen LogP) is 2.93. The van der Waals surface area contributed by atoms with Gasteiger partial charge in [0.15, 0.2) is 11.5 Å². The van der Waals surface area contributed by atoms with Crippen LogP contribution >= 0.6 is 11.6 Å². The number of aliphatic imine (C=N–C) groups is 1. The van der Waals surface area contributed by atoms with E-state index in [9.17, 15) is 9.18 Å². The molecule has 3 aliphatic rings. The molecule has 3 atom stereocenters. The van der Waals surface area contributed by atoms with Gasteiger partial charge in [-0.3, -0.25) is 9.69 Å². The van der Waals surface area contributed by atoms with Gasteiger partial charge in [0.05, 0.1) is 19.1 Å². The lowest BCUT2D eigenvalue weighted by Gasteiger charge is -2.45. The quantitative estimate of drug-likeness (QED) is 0.776. The van der Waals surface area contributed by atoms with Gasteiger partial charge in [0.2, 0.25) is 0 Å². The van der Waals surface area contributed by atoms with Gasteiger partial charge in [-0.25, -0.2) is 9.38 Å². The molecule has 150 valence electrons. The number of ether oxygens (including phenoxy) is 2. The summed E-state index contributed by atoms with van der Waals surface area (Å²) < 4.78 is 25.8. The highest BCUT2D eigenvalue weighted by atomic mass is 35.5. The molecule has 0 bridgehead atoms. The number of likely N-dealkylation sites (N-methyl/N-ethyl adjacent to an activating group) is 1. The Hall–Kier alpha value is -2.64. The Labute approximate surface area is 172 Å². The largest absolute Gasteiger partial charge is 0.489 e. The summed E-state index contributed by atoms with van der Waals surface area (Å²) in [6, 6.07) is 9.77. The topological polar surface area (TPSA) is 77.2 Å². The molecular weight excluding hydrogens is 397 g/mol. The van der Waals surface area contributed by atoms with Gasteiger partial charge in [0.1, 0.15) is 17.7 Å². The molecule has 29 heavy (non-hydrogen) atoms. The Morgan fingerprint density at radius 2 is 2.10 bits per heavy atom. The second kappa shape index (κ2) is 6.43. The fourth-order valence-corrected chi connectivity index (χ4v) is 4.74. The molecule has 0 radical (unpaired) electrons. The zero-order chi connectivity index (χ0) is 20.3. The monoisotopic (exact) mass is 415 g/mol. The summed E-state index contributed by atoms with van der Waals surface area (Å²) in [4.78, 5) is 19.4. The van der Waals surface area contributed by atoms with Crippen LogP contribution < -0.4 is 10.5 Å². The van der Waals surface area contributed by atoms with Crippen molar-refractivity contribution in [2.45, 2.75) is 18.1 Å². The lowest BCUT2D eigenvalue weighted by molar-refractivity contribution is -0.141. The first kappa shape index (κ1) is 18.4. The molecule has 1 fully saturated rings. The summed E-state index contributed by atoms with van der Waals surface area (Å²) in [5, 5.41) is 0.295. The first-order chi connectivity index (χ1) is 13.9. The van der Waals surface area contributed by atoms with Crippen molar-refractivity contribution in [2.24, 2.45) is 16.6 Å². The molecule has 0 aromatic heterocycles. The van der Waals surface area contributed by atoms with E-state index in [1.54, 1.807) is 19.2 Å². The number of amides is 1. The Bertz CT molecular complexity index is 1040. The Kier molecular flexibility index (Phi) is 4.08. The maximum atomic E-state index is 13.9. The van der Waals surface area contributed by atoms with Crippen molar-refractivity contribution >= 4 is 23.5 Å². The van der Waals surface area contributed by atoms with Crippen LogP contribution in [0.2, 0.25) is 5.02 Å². The van der Waals surface area contributed by atoms with Gasteiger partial charge in [-0.2, -0.15) is 0 Å². The van der Waals surface area contributed by atoms with Crippen molar-refractivity contribution in [3.63, 3.8) is 0 Å². The minimum atomic E-state index is -1.22. The van der Waals surface area contributed by atoms with Crippen molar-refractivity contribution < 1.29 is 18.7 Å². The van der Waals surface area contributed by atoms with Crippen LogP contribution in [0, 0.1) is 11.7 Å². The van der Waals surface area contributed by atoms with E-state index in [2.05, 4.69) is 4.99 Å². The molecule has 1 amide bonds. The number of halogens is 2. The molecule has 6 nitrogen and oxygen atoms in total. The zero-order valence-corrected chi connectivity index (χ0v) is 16.4. The summed E-state index contributed by atoms with van der Waals surface area (Å²) in [7, 11) is 1.61. The molecule has 2 aromatic rings. The zero-order valence-electron chi connectivity index (χ0n) is 15.7. The lowest BCUT2D eigenvalue weighted by atomic mass is 9.71. The standard InChI is InChI=1S/C21H19ClFN3O3/c1-26-19(27)21(25-20(26)24)15-8-11(12-6-13(22)9-14(23)7-12)2-3-17(15)29-18-4-5-28-10-16(18)21/h2-3,6-9,16,18H,4-5,10H2,1H3,(H2,24,25)/t16-,18-,21+/m1/s1. The fourth-order valence-electron chi connectivity index (χ4n) is 4.52. The third kappa shape index (κ3) is 2.64. The average Bonchev–Trinajstić information content (AvgIpc) is 2.92. The van der Waals surface area contributed by atoms with Gasteiger partial charge >= 0.3 is 0 Å². The third-order valence-corrected chi connectivity index (χ3v) is 6.18. The van der Waals surface area contributed by atoms with Crippen molar-refractivity contribution in [1.29, 1.82) is 0 Å². The lowest BCUT2D eigenvalue weighted by Crippen LogP contribution is -2.56. The molecular formula is C21H19ClFN3O3. The number of fused-ring (bicyclic) bond motifs is 4. The minimum Gasteiger partial charge on any atom is -0.489 e. The van der Waals surface area contributed by atoms with Crippen molar-refractivity contribution in [3.8, 4) is 16.9 Å². The van der Waals surface area contributed by atoms with E-state index >= 15 is 0 Å². The molecule has 0 saturated carbocycles. The molecule has 5 rings (SSSR count). The number of guanidine groups is 1.